The van der Waals surface area contributed by atoms with E-state index in [9.17, 15) is 0 Å². The first-order valence-corrected chi connectivity index (χ1v) is 7.76. The zero-order valence-corrected chi connectivity index (χ0v) is 11.8. The van der Waals surface area contributed by atoms with Crippen LogP contribution in [0.2, 0.25) is 0 Å². The van der Waals surface area contributed by atoms with Crippen molar-refractivity contribution in [1.29, 1.82) is 0 Å². The van der Waals surface area contributed by atoms with Gasteiger partial charge < -0.3 is 10.2 Å². The largest absolute Gasteiger partial charge is 0.311 e. The molecule has 1 saturated heterocycles. The van der Waals surface area contributed by atoms with Gasteiger partial charge >= 0.3 is 0 Å². The smallest absolute Gasteiger partial charge is 0.00823 e. The molecule has 100 valence electrons. The Morgan fingerprint density at radius 2 is 1.47 bits per heavy atom. The maximum atomic E-state index is 3.93. The summed E-state index contributed by atoms with van der Waals surface area (Å²) in [5.41, 5.74) is 0. The van der Waals surface area contributed by atoms with E-state index >= 15 is 0 Å². The highest BCUT2D eigenvalue weighted by Crippen LogP contribution is 2.20. The third-order valence-electron chi connectivity index (χ3n) is 4.57. The summed E-state index contributed by atoms with van der Waals surface area (Å²) in [6.07, 6.45) is 11.3. The van der Waals surface area contributed by atoms with Gasteiger partial charge in [0.25, 0.3) is 0 Å². The molecule has 0 amide bonds. The first-order valence-electron chi connectivity index (χ1n) is 7.76. The van der Waals surface area contributed by atoms with Gasteiger partial charge in [-0.2, -0.15) is 0 Å². The molecule has 1 aliphatic carbocycles. The van der Waals surface area contributed by atoms with Crippen molar-refractivity contribution in [2.24, 2.45) is 0 Å². The minimum atomic E-state index is 0.725. The van der Waals surface area contributed by atoms with E-state index in [0.29, 0.717) is 0 Å². The summed E-state index contributed by atoms with van der Waals surface area (Å²) in [6.45, 7) is 7.26. The summed E-state index contributed by atoms with van der Waals surface area (Å²) in [6, 6.07) is 2.35. The van der Waals surface area contributed by atoms with Crippen LogP contribution < -0.4 is 5.32 Å². The van der Waals surface area contributed by atoms with Gasteiger partial charge in [-0.15, -0.1) is 0 Å². The highest BCUT2D eigenvalue weighted by Gasteiger charge is 2.21. The predicted octanol–water partition coefficient (Wildman–Crippen LogP) is 3.17. The second-order valence-electron chi connectivity index (χ2n) is 6.26. The summed E-state index contributed by atoms with van der Waals surface area (Å²) in [4.78, 5) is 2.64. The SMILES string of the molecule is CC(C)N1CCCC(NC2CCCCC2)CC1. The summed E-state index contributed by atoms with van der Waals surface area (Å²) < 4.78 is 0. The van der Waals surface area contributed by atoms with Crippen LogP contribution in [0.5, 0.6) is 0 Å². The fraction of sp³-hybridized carbons (Fsp3) is 1.00. The molecule has 2 aliphatic rings. The highest BCUT2D eigenvalue weighted by molar-refractivity contribution is 4.81. The lowest BCUT2D eigenvalue weighted by Crippen LogP contribution is -2.40. The Bertz CT molecular complexity index is 209. The van der Waals surface area contributed by atoms with E-state index in [1.165, 1.54) is 64.5 Å². The third kappa shape index (κ3) is 4.26. The van der Waals surface area contributed by atoms with E-state index in [-0.39, 0.29) is 0 Å². The summed E-state index contributed by atoms with van der Waals surface area (Å²) in [7, 11) is 0. The molecule has 1 N–H and O–H groups in total. The average molecular weight is 238 g/mol. The number of hydrogen-bond acceptors (Lipinski definition) is 2. The topological polar surface area (TPSA) is 15.3 Å². The van der Waals surface area contributed by atoms with Crippen molar-refractivity contribution in [2.45, 2.75) is 83.3 Å². The van der Waals surface area contributed by atoms with Crippen molar-refractivity contribution in [3.8, 4) is 0 Å². The predicted molar refractivity (Wildman–Crippen MR) is 74.4 cm³/mol. The van der Waals surface area contributed by atoms with E-state index in [2.05, 4.69) is 24.1 Å². The summed E-state index contributed by atoms with van der Waals surface area (Å²) in [5, 5.41) is 3.93. The molecule has 1 unspecified atom stereocenters. The number of nitrogens with zero attached hydrogens (tertiary/aromatic N) is 1. The molecule has 0 bridgehead atoms. The standard InChI is InChI=1S/C15H30N2/c1-13(2)17-11-6-9-15(10-12-17)16-14-7-4-3-5-8-14/h13-16H,3-12H2,1-2H3. The second-order valence-corrected chi connectivity index (χ2v) is 6.26. The van der Waals surface area contributed by atoms with E-state index in [4.69, 9.17) is 0 Å². The second kappa shape index (κ2) is 6.75. The molecule has 0 radical (unpaired) electrons. The molecule has 2 heteroatoms. The van der Waals surface area contributed by atoms with Crippen molar-refractivity contribution in [1.82, 2.24) is 10.2 Å². The van der Waals surface area contributed by atoms with Crippen molar-refractivity contribution < 1.29 is 0 Å². The van der Waals surface area contributed by atoms with Crippen LogP contribution in [0.4, 0.5) is 0 Å². The number of nitrogens with one attached hydrogen (secondary N) is 1. The Morgan fingerprint density at radius 3 is 2.18 bits per heavy atom. The Labute approximate surface area is 107 Å². The normalized spacial score (nSPS) is 29.5. The van der Waals surface area contributed by atoms with Gasteiger partial charge in [0.15, 0.2) is 0 Å². The Balaban J connectivity index is 1.74. The van der Waals surface area contributed by atoms with E-state index in [0.717, 1.165) is 18.1 Å². The fourth-order valence-corrected chi connectivity index (χ4v) is 3.40. The molecule has 0 aromatic rings. The van der Waals surface area contributed by atoms with E-state index in [1.807, 2.05) is 0 Å². The van der Waals surface area contributed by atoms with Crippen LogP contribution in [-0.2, 0) is 0 Å². The summed E-state index contributed by atoms with van der Waals surface area (Å²) >= 11 is 0. The lowest BCUT2D eigenvalue weighted by molar-refractivity contribution is 0.227. The average Bonchev–Trinajstić information content (AvgIpc) is 2.56. The van der Waals surface area contributed by atoms with E-state index < -0.39 is 0 Å². The van der Waals surface area contributed by atoms with Crippen LogP contribution in [0.15, 0.2) is 0 Å². The summed E-state index contributed by atoms with van der Waals surface area (Å²) in [5.74, 6) is 0. The van der Waals surface area contributed by atoms with Gasteiger partial charge in [-0.25, -0.2) is 0 Å². The molecule has 1 aliphatic heterocycles. The number of likely N-dealkylation sites (tertiary alicyclic amines) is 1. The first-order chi connectivity index (χ1) is 8.25. The van der Waals surface area contributed by atoms with Crippen molar-refractivity contribution >= 4 is 0 Å². The monoisotopic (exact) mass is 238 g/mol. The molecule has 1 atom stereocenters. The molecule has 2 fully saturated rings. The van der Waals surface area contributed by atoms with Gasteiger partial charge in [0.2, 0.25) is 0 Å². The van der Waals surface area contributed by atoms with Gasteiger partial charge in [-0.05, 0) is 59.0 Å². The Hall–Kier alpha value is -0.0800. The molecule has 2 nitrogen and oxygen atoms in total. The van der Waals surface area contributed by atoms with Crippen LogP contribution >= 0.6 is 0 Å². The van der Waals surface area contributed by atoms with Gasteiger partial charge in [-0.1, -0.05) is 19.3 Å². The molecule has 0 aromatic carbocycles. The quantitative estimate of drug-likeness (QED) is 0.812. The highest BCUT2D eigenvalue weighted by atomic mass is 15.1. The number of rotatable bonds is 3. The van der Waals surface area contributed by atoms with Crippen molar-refractivity contribution in [3.05, 3.63) is 0 Å². The minimum absolute atomic E-state index is 0.725. The Kier molecular flexibility index (Phi) is 5.30. The third-order valence-corrected chi connectivity index (χ3v) is 4.57. The molecule has 2 rings (SSSR count). The lowest BCUT2D eigenvalue weighted by Gasteiger charge is -2.28. The van der Waals surface area contributed by atoms with Crippen molar-refractivity contribution in [2.75, 3.05) is 13.1 Å². The van der Waals surface area contributed by atoms with E-state index in [1.54, 1.807) is 0 Å². The minimum Gasteiger partial charge on any atom is -0.311 e. The lowest BCUT2D eigenvalue weighted by atomic mass is 9.94. The maximum absolute atomic E-state index is 3.93. The molecular weight excluding hydrogens is 208 g/mol. The fourth-order valence-electron chi connectivity index (χ4n) is 3.40. The van der Waals surface area contributed by atoms with Crippen molar-refractivity contribution in [3.63, 3.8) is 0 Å². The maximum Gasteiger partial charge on any atom is 0.00823 e. The van der Waals surface area contributed by atoms with Crippen LogP contribution in [0.25, 0.3) is 0 Å². The molecule has 17 heavy (non-hydrogen) atoms. The van der Waals surface area contributed by atoms with Crippen LogP contribution in [0, 0.1) is 0 Å². The molecule has 1 heterocycles. The zero-order chi connectivity index (χ0) is 12.1. The molecular formula is C15H30N2. The van der Waals surface area contributed by atoms with Gasteiger partial charge in [0, 0.05) is 18.1 Å². The first kappa shape index (κ1) is 13.4. The zero-order valence-electron chi connectivity index (χ0n) is 11.8. The van der Waals surface area contributed by atoms with Gasteiger partial charge in [-0.3, -0.25) is 0 Å². The van der Waals surface area contributed by atoms with Gasteiger partial charge in [0.05, 0.1) is 0 Å². The molecule has 0 aromatic heterocycles. The molecule has 0 spiro atoms. The Morgan fingerprint density at radius 1 is 0.824 bits per heavy atom. The van der Waals surface area contributed by atoms with Crippen LogP contribution in [-0.4, -0.2) is 36.1 Å². The van der Waals surface area contributed by atoms with Crippen LogP contribution in [0.1, 0.15) is 65.2 Å². The number of hydrogen-bond donors (Lipinski definition) is 1. The molecule has 1 saturated carbocycles. The van der Waals surface area contributed by atoms with Gasteiger partial charge in [0.1, 0.15) is 0 Å². The van der Waals surface area contributed by atoms with Crippen LogP contribution in [0.3, 0.4) is 0 Å².